The second-order valence-electron chi connectivity index (χ2n) is 8.21. The van der Waals surface area contributed by atoms with E-state index in [1.165, 1.54) is 0 Å². The third kappa shape index (κ3) is 3.17. The number of ether oxygens (including phenoxy) is 1. The van der Waals surface area contributed by atoms with Crippen LogP contribution < -0.4 is 5.32 Å². The fourth-order valence-electron chi connectivity index (χ4n) is 4.69. The van der Waals surface area contributed by atoms with Crippen molar-refractivity contribution in [3.05, 3.63) is 54.0 Å². The Labute approximate surface area is 174 Å². The molecule has 2 aliphatic heterocycles. The third-order valence-corrected chi connectivity index (χ3v) is 6.40. The molecule has 8 nitrogen and oxygen atoms in total. The minimum absolute atomic E-state index is 0.00980. The van der Waals surface area contributed by atoms with E-state index in [-0.39, 0.29) is 17.4 Å². The Bertz CT molecular complexity index is 1060. The topological polar surface area (TPSA) is 92.2 Å². The van der Waals surface area contributed by atoms with Crippen LogP contribution in [0.1, 0.15) is 33.8 Å². The lowest BCUT2D eigenvalue weighted by atomic mass is 9.78. The molecule has 2 saturated heterocycles. The number of aromatic amines is 1. The highest BCUT2D eigenvalue weighted by molar-refractivity contribution is 5.98. The van der Waals surface area contributed by atoms with Crippen LogP contribution in [0, 0.1) is 5.92 Å². The number of aryl methyl sites for hydroxylation is 1. The number of aromatic nitrogens is 3. The van der Waals surface area contributed by atoms with E-state index < -0.39 is 0 Å². The average molecular weight is 407 g/mol. The highest BCUT2D eigenvalue weighted by Gasteiger charge is 2.54. The number of carbonyl (C=O) groups excluding carboxylic acids is 2. The molecule has 156 valence electrons. The van der Waals surface area contributed by atoms with Crippen molar-refractivity contribution in [1.29, 1.82) is 0 Å². The van der Waals surface area contributed by atoms with Gasteiger partial charge >= 0.3 is 0 Å². The largest absolute Gasteiger partial charge is 0.371 e. The Morgan fingerprint density at radius 2 is 2.13 bits per heavy atom. The summed E-state index contributed by atoms with van der Waals surface area (Å²) in [6, 6.07) is 11.5. The molecule has 4 heterocycles. The molecule has 0 saturated carbocycles. The minimum Gasteiger partial charge on any atom is -0.371 e. The molecule has 0 aliphatic carbocycles. The third-order valence-electron chi connectivity index (χ3n) is 6.40. The van der Waals surface area contributed by atoms with Crippen molar-refractivity contribution in [2.24, 2.45) is 13.0 Å². The summed E-state index contributed by atoms with van der Waals surface area (Å²) in [7, 11) is 1.75. The fraction of sp³-hybridized carbons (Fsp3) is 0.409. The van der Waals surface area contributed by atoms with Gasteiger partial charge in [0.05, 0.1) is 13.1 Å². The average Bonchev–Trinajstić information content (AvgIpc) is 3.43. The highest BCUT2D eigenvalue weighted by Crippen LogP contribution is 2.42. The van der Waals surface area contributed by atoms with Gasteiger partial charge in [-0.2, -0.15) is 5.10 Å². The monoisotopic (exact) mass is 407 g/mol. The maximum absolute atomic E-state index is 12.9. The van der Waals surface area contributed by atoms with Gasteiger partial charge in [0.25, 0.3) is 11.8 Å². The summed E-state index contributed by atoms with van der Waals surface area (Å²) in [5.74, 6) is 0.221. The maximum atomic E-state index is 12.9. The Hall–Kier alpha value is -3.13. The highest BCUT2D eigenvalue weighted by atomic mass is 16.5. The predicted octanol–water partition coefficient (Wildman–Crippen LogP) is 1.95. The summed E-state index contributed by atoms with van der Waals surface area (Å²) in [5.41, 5.74) is 1.85. The number of hydrogen-bond acceptors (Lipinski definition) is 4. The van der Waals surface area contributed by atoms with Gasteiger partial charge in [-0.3, -0.25) is 14.3 Å². The van der Waals surface area contributed by atoms with Crippen LogP contribution in [-0.4, -0.2) is 63.3 Å². The van der Waals surface area contributed by atoms with Gasteiger partial charge in [-0.1, -0.05) is 18.2 Å². The Morgan fingerprint density at radius 1 is 1.30 bits per heavy atom. The first-order valence-electron chi connectivity index (χ1n) is 10.3. The number of nitrogens with one attached hydrogen (secondary N) is 2. The second-order valence-corrected chi connectivity index (χ2v) is 8.21. The van der Waals surface area contributed by atoms with Crippen molar-refractivity contribution < 1.29 is 14.3 Å². The molecule has 5 rings (SSSR count). The lowest BCUT2D eigenvalue weighted by molar-refractivity contribution is -0.118. The molecule has 2 N–H and O–H groups in total. The number of H-pyrrole nitrogens is 1. The molecule has 0 unspecified atom stereocenters. The van der Waals surface area contributed by atoms with Crippen molar-refractivity contribution in [2.45, 2.75) is 18.4 Å². The van der Waals surface area contributed by atoms with Crippen molar-refractivity contribution in [2.75, 3.05) is 26.2 Å². The summed E-state index contributed by atoms with van der Waals surface area (Å²) >= 11 is 0. The number of benzene rings is 1. The first-order valence-corrected chi connectivity index (χ1v) is 10.3. The maximum Gasteiger partial charge on any atom is 0.270 e. The Kier molecular flexibility index (Phi) is 4.58. The van der Waals surface area contributed by atoms with E-state index in [0.717, 1.165) is 23.7 Å². The zero-order valence-corrected chi connectivity index (χ0v) is 16.9. The molecule has 8 heteroatoms. The first-order chi connectivity index (χ1) is 14.6. The summed E-state index contributed by atoms with van der Waals surface area (Å²) < 4.78 is 7.65. The van der Waals surface area contributed by atoms with E-state index >= 15 is 0 Å². The molecular formula is C22H25N5O3. The van der Waals surface area contributed by atoms with E-state index in [1.807, 2.05) is 35.2 Å². The summed E-state index contributed by atoms with van der Waals surface area (Å²) in [6.45, 7) is 2.48. The van der Waals surface area contributed by atoms with Crippen molar-refractivity contribution in [1.82, 2.24) is 25.0 Å². The number of fused-ring (bicyclic) bond motifs is 1. The van der Waals surface area contributed by atoms with Crippen LogP contribution in [-0.2, 0) is 11.8 Å². The lowest BCUT2D eigenvalue weighted by Crippen LogP contribution is -2.66. The number of para-hydroxylation sites is 1. The molecular weight excluding hydrogens is 382 g/mol. The molecule has 2 fully saturated rings. The van der Waals surface area contributed by atoms with Gasteiger partial charge < -0.3 is 19.9 Å². The van der Waals surface area contributed by atoms with Gasteiger partial charge in [0.1, 0.15) is 17.0 Å². The van der Waals surface area contributed by atoms with Crippen LogP contribution >= 0.6 is 0 Å². The number of amides is 2. The molecule has 2 aromatic heterocycles. The predicted molar refractivity (Wildman–Crippen MR) is 111 cm³/mol. The smallest absolute Gasteiger partial charge is 0.270 e. The normalized spacial score (nSPS) is 19.9. The van der Waals surface area contributed by atoms with Gasteiger partial charge in [0.2, 0.25) is 0 Å². The number of carbonyl (C=O) groups is 2. The summed E-state index contributed by atoms with van der Waals surface area (Å²) in [5, 5.41) is 8.04. The Morgan fingerprint density at radius 3 is 2.90 bits per heavy atom. The van der Waals surface area contributed by atoms with Crippen molar-refractivity contribution >= 4 is 22.7 Å². The molecule has 1 atom stereocenters. The number of rotatable bonds is 5. The number of likely N-dealkylation sites (tertiary alicyclic amines) is 1. The SMILES string of the molecule is Cn1nccc1C(=O)NCC[C@@H]1CCOC12CN(C(=O)c1cc3ccccc3[nH]1)C2. The molecule has 30 heavy (non-hydrogen) atoms. The Balaban J connectivity index is 1.17. The van der Waals surface area contributed by atoms with Gasteiger partial charge in [-0.25, -0.2) is 0 Å². The van der Waals surface area contributed by atoms with Crippen LogP contribution in [0.15, 0.2) is 42.6 Å². The molecule has 0 bridgehead atoms. The quantitative estimate of drug-likeness (QED) is 0.676. The van der Waals surface area contributed by atoms with E-state index in [0.29, 0.717) is 43.5 Å². The minimum atomic E-state index is -0.279. The van der Waals surface area contributed by atoms with Crippen molar-refractivity contribution in [3.63, 3.8) is 0 Å². The van der Waals surface area contributed by atoms with Crippen LogP contribution in [0.25, 0.3) is 10.9 Å². The zero-order chi connectivity index (χ0) is 20.7. The first kappa shape index (κ1) is 18.9. The molecule has 1 aromatic carbocycles. The number of hydrogen-bond donors (Lipinski definition) is 2. The van der Waals surface area contributed by atoms with Gasteiger partial charge in [0.15, 0.2) is 0 Å². The summed E-state index contributed by atoms with van der Waals surface area (Å²) in [6.07, 6.45) is 3.40. The van der Waals surface area contributed by atoms with E-state index in [1.54, 1.807) is 24.0 Å². The van der Waals surface area contributed by atoms with Gasteiger partial charge in [0, 0.05) is 37.3 Å². The van der Waals surface area contributed by atoms with E-state index in [2.05, 4.69) is 15.4 Å². The fourth-order valence-corrected chi connectivity index (χ4v) is 4.69. The van der Waals surface area contributed by atoms with E-state index in [4.69, 9.17) is 4.74 Å². The standard InChI is InChI=1S/C22H25N5O3/c1-26-19(7-10-24-26)20(28)23-9-6-16-8-11-30-22(16)13-27(14-22)21(29)18-12-15-4-2-3-5-17(15)25-18/h2-5,7,10,12,16,25H,6,8-9,11,13-14H2,1H3,(H,23,28)/t16-/m1/s1. The second kappa shape index (κ2) is 7.28. The molecule has 2 amide bonds. The molecule has 2 aliphatic rings. The van der Waals surface area contributed by atoms with E-state index in [9.17, 15) is 9.59 Å². The molecule has 0 radical (unpaired) electrons. The van der Waals surface area contributed by atoms with Gasteiger partial charge in [-0.15, -0.1) is 0 Å². The summed E-state index contributed by atoms with van der Waals surface area (Å²) in [4.78, 5) is 30.2. The van der Waals surface area contributed by atoms with Crippen LogP contribution in [0.4, 0.5) is 0 Å². The van der Waals surface area contributed by atoms with Gasteiger partial charge in [-0.05, 0) is 37.0 Å². The molecule has 1 spiro atoms. The van der Waals surface area contributed by atoms with Crippen LogP contribution in [0.5, 0.6) is 0 Å². The van der Waals surface area contributed by atoms with Crippen LogP contribution in [0.2, 0.25) is 0 Å². The lowest BCUT2D eigenvalue weighted by Gasteiger charge is -2.50. The van der Waals surface area contributed by atoms with Crippen molar-refractivity contribution in [3.8, 4) is 0 Å². The number of nitrogens with zero attached hydrogens (tertiary/aromatic N) is 3. The van der Waals surface area contributed by atoms with Crippen LogP contribution in [0.3, 0.4) is 0 Å². The molecule has 3 aromatic rings. The zero-order valence-electron chi connectivity index (χ0n) is 16.9.